The monoisotopic (exact) mass is 300 g/mol. The third kappa shape index (κ3) is 2.07. The Morgan fingerprint density at radius 1 is 1.14 bits per heavy atom. The van der Waals surface area contributed by atoms with Gasteiger partial charge in [0, 0.05) is 16.7 Å². The van der Waals surface area contributed by atoms with Crippen LogP contribution in [0.1, 0.15) is 36.0 Å². The summed E-state index contributed by atoms with van der Waals surface area (Å²) in [4.78, 5) is 37.0. The zero-order valence-electron chi connectivity index (χ0n) is 12.0. The van der Waals surface area contributed by atoms with Crippen LogP contribution < -0.4 is 14.7 Å². The Morgan fingerprint density at radius 2 is 1.73 bits per heavy atom. The second-order valence-corrected chi connectivity index (χ2v) is 5.28. The number of hydrogen-bond acceptors (Lipinski definition) is 5. The molecule has 1 aromatic carbocycles. The molecule has 1 heterocycles. The molecule has 0 N–H and O–H groups in total. The molecule has 2 aliphatic rings. The summed E-state index contributed by atoms with van der Waals surface area (Å²) in [5.74, 6) is -1.86. The number of amides is 2. The number of carbonyl (C=O) groups is 3. The van der Waals surface area contributed by atoms with Gasteiger partial charge >= 0.3 is 0 Å². The van der Waals surface area contributed by atoms with Crippen LogP contribution >= 0.6 is 0 Å². The molecule has 0 unspecified atom stereocenters. The van der Waals surface area contributed by atoms with Crippen molar-refractivity contribution < 1.29 is 24.2 Å². The third-order valence-electron chi connectivity index (χ3n) is 4.05. The van der Waals surface area contributed by atoms with Crippen molar-refractivity contribution in [1.29, 1.82) is 0 Å². The van der Waals surface area contributed by atoms with E-state index >= 15 is 0 Å². The minimum atomic E-state index is -1.35. The molecule has 0 atom stereocenters. The molecule has 2 amide bonds. The summed E-state index contributed by atoms with van der Waals surface area (Å²) in [6, 6.07) is 3.95. The lowest BCUT2D eigenvalue weighted by Crippen LogP contribution is -2.32. The highest BCUT2D eigenvalue weighted by Gasteiger charge is 2.40. The van der Waals surface area contributed by atoms with Crippen molar-refractivity contribution in [3.63, 3.8) is 0 Å². The zero-order valence-corrected chi connectivity index (χ0v) is 12.0. The minimum Gasteiger partial charge on any atom is -0.545 e. The van der Waals surface area contributed by atoms with Gasteiger partial charge in [-0.2, -0.15) is 0 Å². The molecule has 0 radical (unpaired) electrons. The van der Waals surface area contributed by atoms with Gasteiger partial charge in [-0.15, -0.1) is 0 Å². The van der Waals surface area contributed by atoms with E-state index in [1.54, 1.807) is 0 Å². The average Bonchev–Trinajstić information content (AvgIpc) is 2.78. The summed E-state index contributed by atoms with van der Waals surface area (Å²) >= 11 is 0. The number of carboxylic acids is 1. The number of methoxy groups -OCH3 is 1. The zero-order chi connectivity index (χ0) is 15.9. The van der Waals surface area contributed by atoms with Crippen LogP contribution in [0.3, 0.4) is 0 Å². The molecule has 0 saturated carbocycles. The van der Waals surface area contributed by atoms with Gasteiger partial charge in [-0.3, -0.25) is 9.59 Å². The van der Waals surface area contributed by atoms with Gasteiger partial charge < -0.3 is 14.6 Å². The van der Waals surface area contributed by atoms with E-state index in [1.165, 1.54) is 25.3 Å². The van der Waals surface area contributed by atoms with Crippen LogP contribution in [-0.4, -0.2) is 24.9 Å². The fourth-order valence-corrected chi connectivity index (χ4v) is 2.95. The van der Waals surface area contributed by atoms with Gasteiger partial charge in [0.1, 0.15) is 5.75 Å². The second kappa shape index (κ2) is 5.29. The Hall–Kier alpha value is -2.63. The SMILES string of the molecule is COc1cc(C(=O)[O-])ccc1N1C(=O)C2=C(CCCC2)C1=O. The van der Waals surface area contributed by atoms with Gasteiger partial charge in [0.05, 0.1) is 18.8 Å². The number of rotatable bonds is 3. The highest BCUT2D eigenvalue weighted by molar-refractivity contribution is 6.33. The van der Waals surface area contributed by atoms with Gasteiger partial charge in [-0.05, 0) is 37.8 Å². The van der Waals surface area contributed by atoms with Crippen molar-refractivity contribution in [2.45, 2.75) is 25.7 Å². The first-order valence-electron chi connectivity index (χ1n) is 7.04. The molecule has 114 valence electrons. The fourth-order valence-electron chi connectivity index (χ4n) is 2.95. The van der Waals surface area contributed by atoms with Crippen molar-refractivity contribution in [2.24, 2.45) is 0 Å². The molecule has 0 spiro atoms. The molecule has 1 aliphatic carbocycles. The molecule has 1 aromatic rings. The maximum absolute atomic E-state index is 12.5. The van der Waals surface area contributed by atoms with Crippen LogP contribution in [0.4, 0.5) is 5.69 Å². The third-order valence-corrected chi connectivity index (χ3v) is 4.05. The van der Waals surface area contributed by atoms with Crippen molar-refractivity contribution in [3.8, 4) is 5.75 Å². The van der Waals surface area contributed by atoms with E-state index < -0.39 is 5.97 Å². The largest absolute Gasteiger partial charge is 0.545 e. The standard InChI is InChI=1S/C16H15NO5/c1-22-13-8-9(16(20)21)6-7-12(13)17-14(18)10-4-2-3-5-11(10)15(17)19/h6-8H,2-5H2,1H3,(H,20,21)/p-1. The molecule has 1 aliphatic heterocycles. The molecular weight excluding hydrogens is 286 g/mol. The Bertz CT molecular complexity index is 691. The number of ether oxygens (including phenoxy) is 1. The number of carboxylic acid groups (broad SMARTS) is 1. The van der Waals surface area contributed by atoms with Gasteiger partial charge in [0.15, 0.2) is 0 Å². The predicted octanol–water partition coefficient (Wildman–Crippen LogP) is 0.802. The summed E-state index contributed by atoms with van der Waals surface area (Å²) in [7, 11) is 1.36. The number of hydrogen-bond donors (Lipinski definition) is 0. The summed E-state index contributed by atoms with van der Waals surface area (Å²) in [6.07, 6.45) is 3.00. The van der Waals surface area contributed by atoms with E-state index in [0.29, 0.717) is 24.0 Å². The number of imide groups is 1. The van der Waals surface area contributed by atoms with E-state index in [9.17, 15) is 19.5 Å². The lowest BCUT2D eigenvalue weighted by Gasteiger charge is -2.19. The summed E-state index contributed by atoms with van der Waals surface area (Å²) in [5.41, 5.74) is 1.33. The van der Waals surface area contributed by atoms with Gasteiger partial charge in [0.25, 0.3) is 11.8 Å². The molecule has 6 heteroatoms. The van der Waals surface area contributed by atoms with Gasteiger partial charge in [-0.25, -0.2) is 4.90 Å². The summed E-state index contributed by atoms with van der Waals surface area (Å²) in [5, 5.41) is 10.9. The van der Waals surface area contributed by atoms with Crippen LogP contribution in [0.25, 0.3) is 0 Å². The molecular formula is C16H14NO5-. The van der Waals surface area contributed by atoms with E-state index in [0.717, 1.165) is 17.7 Å². The quantitative estimate of drug-likeness (QED) is 0.771. The van der Waals surface area contributed by atoms with Crippen molar-refractivity contribution in [3.05, 3.63) is 34.9 Å². The van der Waals surface area contributed by atoms with E-state index in [4.69, 9.17) is 4.74 Å². The predicted molar refractivity (Wildman–Crippen MR) is 75.3 cm³/mol. The fraction of sp³-hybridized carbons (Fsp3) is 0.312. The summed E-state index contributed by atoms with van der Waals surface area (Å²) in [6.45, 7) is 0. The number of anilines is 1. The maximum Gasteiger partial charge on any atom is 0.261 e. The van der Waals surface area contributed by atoms with E-state index in [1.807, 2.05) is 0 Å². The first kappa shape index (κ1) is 14.3. The lowest BCUT2D eigenvalue weighted by molar-refractivity contribution is -0.255. The number of nitrogens with zero attached hydrogens (tertiary/aromatic N) is 1. The van der Waals surface area contributed by atoms with E-state index in [-0.39, 0.29) is 28.8 Å². The smallest absolute Gasteiger partial charge is 0.261 e. The second-order valence-electron chi connectivity index (χ2n) is 5.28. The maximum atomic E-state index is 12.5. The Balaban J connectivity index is 2.04. The Kier molecular flexibility index (Phi) is 3.44. The molecule has 0 aromatic heterocycles. The number of carbonyl (C=O) groups excluding carboxylic acids is 3. The number of aromatic carboxylic acids is 1. The van der Waals surface area contributed by atoms with Crippen LogP contribution in [0.2, 0.25) is 0 Å². The minimum absolute atomic E-state index is 0.0718. The number of benzene rings is 1. The Morgan fingerprint density at radius 3 is 2.23 bits per heavy atom. The summed E-state index contributed by atoms with van der Waals surface area (Å²) < 4.78 is 5.14. The first-order valence-corrected chi connectivity index (χ1v) is 7.04. The molecule has 6 nitrogen and oxygen atoms in total. The highest BCUT2D eigenvalue weighted by atomic mass is 16.5. The Labute approximate surface area is 127 Å². The van der Waals surface area contributed by atoms with Crippen LogP contribution in [0.15, 0.2) is 29.3 Å². The van der Waals surface area contributed by atoms with E-state index in [2.05, 4.69) is 0 Å². The molecule has 22 heavy (non-hydrogen) atoms. The lowest BCUT2D eigenvalue weighted by atomic mass is 9.93. The van der Waals surface area contributed by atoms with Crippen LogP contribution in [0, 0.1) is 0 Å². The molecule has 3 rings (SSSR count). The van der Waals surface area contributed by atoms with Gasteiger partial charge in [-0.1, -0.05) is 6.07 Å². The normalized spacial score (nSPS) is 17.8. The van der Waals surface area contributed by atoms with Crippen molar-refractivity contribution >= 4 is 23.5 Å². The molecule has 0 fully saturated rings. The highest BCUT2D eigenvalue weighted by Crippen LogP contribution is 2.39. The first-order chi connectivity index (χ1) is 10.5. The molecule has 0 saturated heterocycles. The van der Waals surface area contributed by atoms with Crippen LogP contribution in [-0.2, 0) is 9.59 Å². The van der Waals surface area contributed by atoms with Crippen molar-refractivity contribution in [1.82, 2.24) is 0 Å². The topological polar surface area (TPSA) is 86.7 Å². The average molecular weight is 300 g/mol. The van der Waals surface area contributed by atoms with Crippen molar-refractivity contribution in [2.75, 3.05) is 12.0 Å². The molecule has 0 bridgehead atoms. The van der Waals surface area contributed by atoms with Gasteiger partial charge in [0.2, 0.25) is 0 Å². The van der Waals surface area contributed by atoms with Crippen LogP contribution in [0.5, 0.6) is 5.75 Å².